The van der Waals surface area contributed by atoms with E-state index in [1.807, 2.05) is 0 Å². The Morgan fingerprint density at radius 3 is 2.76 bits per heavy atom. The van der Waals surface area contributed by atoms with Crippen LogP contribution >= 0.6 is 11.8 Å². The normalized spacial score (nSPS) is 39.7. The molecule has 100 valence electrons. The summed E-state index contributed by atoms with van der Waals surface area (Å²) in [6.45, 7) is 7.32. The Morgan fingerprint density at radius 2 is 2.12 bits per heavy atom. The molecular formula is C14H28N2S. The van der Waals surface area contributed by atoms with Crippen LogP contribution in [-0.2, 0) is 0 Å². The molecule has 4 atom stereocenters. The van der Waals surface area contributed by atoms with Gasteiger partial charge in [-0.25, -0.2) is 0 Å². The summed E-state index contributed by atoms with van der Waals surface area (Å²) in [5.41, 5.74) is 0. The number of rotatable bonds is 4. The minimum atomic E-state index is 0.741. The van der Waals surface area contributed by atoms with Gasteiger partial charge in [0, 0.05) is 23.9 Å². The number of nitrogens with zero attached hydrogens (tertiary/aromatic N) is 1. The molecule has 1 N–H and O–H groups in total. The monoisotopic (exact) mass is 256 g/mol. The third-order valence-corrected chi connectivity index (χ3v) is 5.89. The molecule has 0 aromatic carbocycles. The van der Waals surface area contributed by atoms with Gasteiger partial charge < -0.3 is 5.32 Å². The first-order valence-corrected chi connectivity index (χ1v) is 8.34. The molecule has 0 spiro atoms. The average molecular weight is 256 g/mol. The van der Waals surface area contributed by atoms with Crippen LogP contribution in [0.3, 0.4) is 0 Å². The van der Waals surface area contributed by atoms with Crippen molar-refractivity contribution >= 4 is 11.8 Å². The second-order valence-corrected chi connectivity index (χ2v) is 7.16. The highest BCUT2D eigenvalue weighted by atomic mass is 32.2. The molecule has 3 heteroatoms. The highest BCUT2D eigenvalue weighted by molar-refractivity contribution is 7.99. The van der Waals surface area contributed by atoms with Gasteiger partial charge in [0.15, 0.2) is 0 Å². The number of hydrogen-bond acceptors (Lipinski definition) is 3. The zero-order chi connectivity index (χ0) is 12.3. The van der Waals surface area contributed by atoms with Crippen LogP contribution in [0.2, 0.25) is 0 Å². The van der Waals surface area contributed by atoms with Gasteiger partial charge in [-0.05, 0) is 44.5 Å². The zero-order valence-electron chi connectivity index (χ0n) is 11.6. The second kappa shape index (κ2) is 6.44. The maximum Gasteiger partial charge on any atom is 0.0214 e. The Labute approximate surface area is 111 Å². The second-order valence-electron chi connectivity index (χ2n) is 5.65. The predicted molar refractivity (Wildman–Crippen MR) is 77.8 cm³/mol. The molecule has 0 aromatic rings. The molecule has 2 aliphatic rings. The fraction of sp³-hybridized carbons (Fsp3) is 1.00. The van der Waals surface area contributed by atoms with Gasteiger partial charge in [0.25, 0.3) is 0 Å². The van der Waals surface area contributed by atoms with Crippen molar-refractivity contribution in [2.45, 2.75) is 56.9 Å². The molecule has 1 saturated heterocycles. The van der Waals surface area contributed by atoms with Crippen molar-refractivity contribution in [3.05, 3.63) is 0 Å². The Balaban J connectivity index is 1.90. The van der Waals surface area contributed by atoms with Gasteiger partial charge >= 0.3 is 0 Å². The van der Waals surface area contributed by atoms with Crippen molar-refractivity contribution in [3.63, 3.8) is 0 Å². The smallest absolute Gasteiger partial charge is 0.0214 e. The van der Waals surface area contributed by atoms with Crippen molar-refractivity contribution in [3.8, 4) is 0 Å². The van der Waals surface area contributed by atoms with Gasteiger partial charge in [0.1, 0.15) is 0 Å². The molecule has 2 rings (SSSR count). The summed E-state index contributed by atoms with van der Waals surface area (Å²) >= 11 is 2.19. The van der Waals surface area contributed by atoms with Crippen LogP contribution in [0.1, 0.15) is 39.5 Å². The Hall–Kier alpha value is 0.270. The fourth-order valence-corrected chi connectivity index (χ4v) is 4.93. The molecule has 0 bridgehead atoms. The number of thioether (sulfide) groups is 1. The lowest BCUT2D eigenvalue weighted by Gasteiger charge is -2.41. The minimum Gasteiger partial charge on any atom is -0.317 e. The molecule has 2 nitrogen and oxygen atoms in total. The van der Waals surface area contributed by atoms with Crippen molar-refractivity contribution in [2.75, 3.05) is 25.9 Å². The van der Waals surface area contributed by atoms with E-state index in [2.05, 4.69) is 42.9 Å². The number of hydrogen-bond donors (Lipinski definition) is 1. The van der Waals surface area contributed by atoms with Crippen molar-refractivity contribution in [2.24, 2.45) is 5.92 Å². The van der Waals surface area contributed by atoms with E-state index in [0.717, 1.165) is 23.3 Å². The van der Waals surface area contributed by atoms with E-state index in [9.17, 15) is 0 Å². The SMILES string of the molecule is CCSC1CCCC1N1CCC(NC)C(C)C1. The minimum absolute atomic E-state index is 0.741. The summed E-state index contributed by atoms with van der Waals surface area (Å²) in [5.74, 6) is 2.09. The summed E-state index contributed by atoms with van der Waals surface area (Å²) in [6.07, 6.45) is 5.67. The van der Waals surface area contributed by atoms with Crippen LogP contribution < -0.4 is 5.32 Å². The Kier molecular flexibility index (Phi) is 5.19. The van der Waals surface area contributed by atoms with Crippen LogP contribution in [0.25, 0.3) is 0 Å². The first-order valence-electron chi connectivity index (χ1n) is 7.29. The summed E-state index contributed by atoms with van der Waals surface area (Å²) in [6, 6.07) is 1.62. The third-order valence-electron chi connectivity index (χ3n) is 4.57. The van der Waals surface area contributed by atoms with Crippen LogP contribution in [0.5, 0.6) is 0 Å². The lowest BCUT2D eigenvalue weighted by Crippen LogP contribution is -2.52. The zero-order valence-corrected chi connectivity index (χ0v) is 12.4. The van der Waals surface area contributed by atoms with E-state index in [0.29, 0.717) is 0 Å². The van der Waals surface area contributed by atoms with E-state index < -0.39 is 0 Å². The van der Waals surface area contributed by atoms with Crippen molar-refractivity contribution < 1.29 is 0 Å². The molecular weight excluding hydrogens is 228 g/mol. The topological polar surface area (TPSA) is 15.3 Å². The maximum atomic E-state index is 3.47. The Morgan fingerprint density at radius 1 is 1.29 bits per heavy atom. The fourth-order valence-electron chi connectivity index (χ4n) is 3.64. The lowest BCUT2D eigenvalue weighted by molar-refractivity contribution is 0.111. The van der Waals surface area contributed by atoms with Crippen LogP contribution in [0.15, 0.2) is 0 Å². The first kappa shape index (κ1) is 13.7. The number of likely N-dealkylation sites (tertiary alicyclic amines) is 1. The molecule has 4 unspecified atom stereocenters. The van der Waals surface area contributed by atoms with Gasteiger partial charge in [-0.1, -0.05) is 20.3 Å². The van der Waals surface area contributed by atoms with Gasteiger partial charge in [-0.3, -0.25) is 4.90 Å². The number of piperidine rings is 1. The van der Waals surface area contributed by atoms with E-state index in [-0.39, 0.29) is 0 Å². The number of nitrogens with one attached hydrogen (secondary N) is 1. The highest BCUT2D eigenvalue weighted by Gasteiger charge is 2.35. The molecule has 1 aliphatic carbocycles. The first-order chi connectivity index (χ1) is 8.26. The van der Waals surface area contributed by atoms with Gasteiger partial charge in [-0.2, -0.15) is 11.8 Å². The Bertz CT molecular complexity index is 234. The molecule has 1 heterocycles. The van der Waals surface area contributed by atoms with Gasteiger partial charge in [0.05, 0.1) is 0 Å². The molecule has 17 heavy (non-hydrogen) atoms. The van der Waals surface area contributed by atoms with Gasteiger partial charge in [0.2, 0.25) is 0 Å². The van der Waals surface area contributed by atoms with E-state index >= 15 is 0 Å². The van der Waals surface area contributed by atoms with E-state index in [1.165, 1.54) is 44.5 Å². The lowest BCUT2D eigenvalue weighted by atomic mass is 9.92. The molecule has 1 saturated carbocycles. The molecule has 2 fully saturated rings. The largest absolute Gasteiger partial charge is 0.317 e. The summed E-state index contributed by atoms with van der Waals surface area (Å²) in [4.78, 5) is 2.79. The van der Waals surface area contributed by atoms with Crippen molar-refractivity contribution in [1.82, 2.24) is 10.2 Å². The van der Waals surface area contributed by atoms with Crippen LogP contribution in [-0.4, -0.2) is 48.1 Å². The average Bonchev–Trinajstić information content (AvgIpc) is 2.78. The molecule has 0 amide bonds. The molecule has 0 radical (unpaired) electrons. The van der Waals surface area contributed by atoms with Crippen molar-refractivity contribution in [1.29, 1.82) is 0 Å². The summed E-state index contributed by atoms with van der Waals surface area (Å²) in [5, 5.41) is 4.38. The highest BCUT2D eigenvalue weighted by Crippen LogP contribution is 2.35. The van der Waals surface area contributed by atoms with E-state index in [1.54, 1.807) is 0 Å². The summed E-state index contributed by atoms with van der Waals surface area (Å²) in [7, 11) is 2.11. The predicted octanol–water partition coefficient (Wildman–Crippen LogP) is 2.59. The quantitative estimate of drug-likeness (QED) is 0.832. The standard InChI is InChI=1S/C14H28N2S/c1-4-17-14-7-5-6-13(14)16-9-8-12(15-3)11(2)10-16/h11-15H,4-10H2,1-3H3. The summed E-state index contributed by atoms with van der Waals surface area (Å²) < 4.78 is 0. The molecule has 1 aliphatic heterocycles. The van der Waals surface area contributed by atoms with E-state index in [4.69, 9.17) is 0 Å². The third kappa shape index (κ3) is 3.18. The van der Waals surface area contributed by atoms with Gasteiger partial charge in [-0.15, -0.1) is 0 Å². The maximum absolute atomic E-state index is 3.47. The van der Waals surface area contributed by atoms with Crippen LogP contribution in [0, 0.1) is 5.92 Å². The van der Waals surface area contributed by atoms with Crippen LogP contribution in [0.4, 0.5) is 0 Å². The molecule has 0 aromatic heterocycles.